The molecule has 4 heteroatoms. The topological polar surface area (TPSA) is 41.6 Å². The first-order chi connectivity index (χ1) is 7.66. The Labute approximate surface area is 97.3 Å². The molecule has 1 amide bonds. The summed E-state index contributed by atoms with van der Waals surface area (Å²) < 4.78 is 5.33. The van der Waals surface area contributed by atoms with Crippen molar-refractivity contribution in [2.75, 3.05) is 20.2 Å². The highest BCUT2D eigenvalue weighted by molar-refractivity contribution is 5.88. The predicted molar refractivity (Wildman–Crippen MR) is 62.2 cm³/mol. The highest BCUT2D eigenvalue weighted by Gasteiger charge is 2.52. The Hall–Kier alpha value is -0.610. The monoisotopic (exact) mass is 226 g/mol. The van der Waals surface area contributed by atoms with Crippen LogP contribution in [0.25, 0.3) is 0 Å². The summed E-state index contributed by atoms with van der Waals surface area (Å²) >= 11 is 0. The Bertz CT molecular complexity index is 262. The smallest absolute Gasteiger partial charge is 0.254 e. The molecule has 0 saturated carbocycles. The molecule has 16 heavy (non-hydrogen) atoms. The number of β-lactam (4-membered cyclic amide) rings is 1. The SMILES string of the molecule is COC1C(=O)N(C(C)C)C1C1CCNCC1. The molecule has 2 unspecified atom stereocenters. The molecule has 92 valence electrons. The summed E-state index contributed by atoms with van der Waals surface area (Å²) in [6.45, 7) is 6.30. The van der Waals surface area contributed by atoms with E-state index in [1.54, 1.807) is 7.11 Å². The van der Waals surface area contributed by atoms with E-state index in [0.717, 1.165) is 25.9 Å². The molecule has 0 aromatic heterocycles. The average Bonchev–Trinajstić information content (AvgIpc) is 2.27. The van der Waals surface area contributed by atoms with Crippen LogP contribution < -0.4 is 5.32 Å². The summed E-state index contributed by atoms with van der Waals surface area (Å²) in [5.41, 5.74) is 0. The molecular weight excluding hydrogens is 204 g/mol. The minimum absolute atomic E-state index is 0.168. The van der Waals surface area contributed by atoms with E-state index >= 15 is 0 Å². The summed E-state index contributed by atoms with van der Waals surface area (Å²) in [5, 5.41) is 3.36. The van der Waals surface area contributed by atoms with Crippen LogP contribution in [0.15, 0.2) is 0 Å². The normalized spacial score (nSPS) is 32.0. The van der Waals surface area contributed by atoms with Crippen molar-refractivity contribution in [3.8, 4) is 0 Å². The third-order valence-electron chi connectivity index (χ3n) is 3.81. The standard InChI is InChI=1S/C12H22N2O2/c1-8(2)14-10(11(16-3)12(14)15)9-4-6-13-7-5-9/h8-11,13H,4-7H2,1-3H3. The molecule has 2 aliphatic heterocycles. The fourth-order valence-electron chi connectivity index (χ4n) is 3.00. The fraction of sp³-hybridized carbons (Fsp3) is 0.917. The first-order valence-electron chi connectivity index (χ1n) is 6.22. The lowest BCUT2D eigenvalue weighted by molar-refractivity contribution is -0.180. The van der Waals surface area contributed by atoms with Gasteiger partial charge in [-0.05, 0) is 45.7 Å². The summed E-state index contributed by atoms with van der Waals surface area (Å²) in [6, 6.07) is 0.596. The molecule has 0 aromatic rings. The Morgan fingerprint density at radius 2 is 2.00 bits per heavy atom. The quantitative estimate of drug-likeness (QED) is 0.717. The van der Waals surface area contributed by atoms with E-state index in [4.69, 9.17) is 4.74 Å². The van der Waals surface area contributed by atoms with Crippen molar-refractivity contribution in [2.24, 2.45) is 5.92 Å². The number of nitrogens with one attached hydrogen (secondary N) is 1. The minimum atomic E-state index is -0.189. The lowest BCUT2D eigenvalue weighted by Crippen LogP contribution is -2.70. The van der Waals surface area contributed by atoms with Crippen LogP contribution in [0.5, 0.6) is 0 Å². The molecular formula is C12H22N2O2. The molecule has 1 N–H and O–H groups in total. The minimum Gasteiger partial charge on any atom is -0.369 e. The number of carbonyl (C=O) groups excluding carboxylic acids is 1. The number of hydrogen-bond donors (Lipinski definition) is 1. The van der Waals surface area contributed by atoms with E-state index in [-0.39, 0.29) is 12.0 Å². The molecule has 0 radical (unpaired) electrons. The number of rotatable bonds is 3. The van der Waals surface area contributed by atoms with Gasteiger partial charge in [0.2, 0.25) is 0 Å². The molecule has 2 atom stereocenters. The second-order valence-corrected chi connectivity index (χ2v) is 5.07. The van der Waals surface area contributed by atoms with Crippen LogP contribution in [-0.4, -0.2) is 49.2 Å². The number of hydrogen-bond acceptors (Lipinski definition) is 3. The van der Waals surface area contributed by atoms with Crippen LogP contribution >= 0.6 is 0 Å². The lowest BCUT2D eigenvalue weighted by atomic mass is 9.79. The number of amides is 1. The van der Waals surface area contributed by atoms with Gasteiger partial charge in [0.25, 0.3) is 5.91 Å². The first kappa shape index (κ1) is 11.9. The number of nitrogens with zero attached hydrogens (tertiary/aromatic N) is 1. The number of ether oxygens (including phenoxy) is 1. The van der Waals surface area contributed by atoms with Crippen molar-refractivity contribution in [1.29, 1.82) is 0 Å². The zero-order valence-corrected chi connectivity index (χ0v) is 10.4. The van der Waals surface area contributed by atoms with Gasteiger partial charge in [-0.1, -0.05) is 0 Å². The van der Waals surface area contributed by atoms with Gasteiger partial charge in [-0.25, -0.2) is 0 Å². The van der Waals surface area contributed by atoms with Gasteiger partial charge in [0.15, 0.2) is 6.10 Å². The van der Waals surface area contributed by atoms with Crippen molar-refractivity contribution in [1.82, 2.24) is 10.2 Å². The zero-order chi connectivity index (χ0) is 11.7. The fourth-order valence-corrected chi connectivity index (χ4v) is 3.00. The van der Waals surface area contributed by atoms with Crippen LogP contribution in [-0.2, 0) is 9.53 Å². The van der Waals surface area contributed by atoms with Gasteiger partial charge in [0, 0.05) is 13.2 Å². The van der Waals surface area contributed by atoms with E-state index in [1.165, 1.54) is 0 Å². The van der Waals surface area contributed by atoms with E-state index in [0.29, 0.717) is 18.0 Å². The molecule has 2 heterocycles. The maximum Gasteiger partial charge on any atom is 0.254 e. The first-order valence-corrected chi connectivity index (χ1v) is 6.22. The van der Waals surface area contributed by atoms with E-state index in [1.807, 2.05) is 4.90 Å². The molecule has 2 fully saturated rings. The van der Waals surface area contributed by atoms with Gasteiger partial charge in [0.1, 0.15) is 0 Å². The highest BCUT2D eigenvalue weighted by atomic mass is 16.5. The van der Waals surface area contributed by atoms with Gasteiger partial charge in [-0.2, -0.15) is 0 Å². The third-order valence-corrected chi connectivity index (χ3v) is 3.81. The average molecular weight is 226 g/mol. The van der Waals surface area contributed by atoms with Crippen LogP contribution in [0.2, 0.25) is 0 Å². The van der Waals surface area contributed by atoms with Crippen molar-refractivity contribution in [2.45, 2.75) is 44.9 Å². The van der Waals surface area contributed by atoms with Gasteiger partial charge >= 0.3 is 0 Å². The summed E-state index contributed by atoms with van der Waals surface area (Å²) in [5.74, 6) is 0.771. The van der Waals surface area contributed by atoms with Crippen LogP contribution in [0.4, 0.5) is 0 Å². The molecule has 0 aliphatic carbocycles. The van der Waals surface area contributed by atoms with Crippen molar-refractivity contribution < 1.29 is 9.53 Å². The second-order valence-electron chi connectivity index (χ2n) is 5.07. The van der Waals surface area contributed by atoms with Crippen molar-refractivity contribution in [3.05, 3.63) is 0 Å². The molecule has 2 aliphatic rings. The number of piperidine rings is 1. The summed E-state index contributed by atoms with van der Waals surface area (Å²) in [4.78, 5) is 13.9. The zero-order valence-electron chi connectivity index (χ0n) is 10.4. The van der Waals surface area contributed by atoms with Crippen molar-refractivity contribution in [3.63, 3.8) is 0 Å². The maximum absolute atomic E-state index is 11.9. The van der Waals surface area contributed by atoms with Gasteiger partial charge in [-0.3, -0.25) is 4.79 Å². The van der Waals surface area contributed by atoms with Gasteiger partial charge in [-0.15, -0.1) is 0 Å². The Balaban J connectivity index is 2.06. The molecule has 2 saturated heterocycles. The summed E-state index contributed by atoms with van der Waals surface area (Å²) in [6.07, 6.45) is 2.12. The number of methoxy groups -OCH3 is 1. The van der Waals surface area contributed by atoms with E-state index in [9.17, 15) is 4.79 Å². The third kappa shape index (κ3) is 1.84. The van der Waals surface area contributed by atoms with E-state index in [2.05, 4.69) is 19.2 Å². The van der Waals surface area contributed by atoms with Crippen LogP contribution in [0.3, 0.4) is 0 Å². The maximum atomic E-state index is 11.9. The second kappa shape index (κ2) is 4.72. The molecule has 0 spiro atoms. The van der Waals surface area contributed by atoms with Gasteiger partial charge in [0.05, 0.1) is 6.04 Å². The Morgan fingerprint density at radius 1 is 1.38 bits per heavy atom. The molecule has 2 rings (SSSR count). The molecule has 4 nitrogen and oxygen atoms in total. The molecule has 0 aromatic carbocycles. The predicted octanol–water partition coefficient (Wildman–Crippen LogP) is 0.620. The molecule has 0 bridgehead atoms. The van der Waals surface area contributed by atoms with Crippen LogP contribution in [0.1, 0.15) is 26.7 Å². The van der Waals surface area contributed by atoms with Crippen LogP contribution in [0, 0.1) is 5.92 Å². The largest absolute Gasteiger partial charge is 0.369 e. The van der Waals surface area contributed by atoms with Gasteiger partial charge < -0.3 is 15.0 Å². The highest BCUT2D eigenvalue weighted by Crippen LogP contribution is 2.34. The Morgan fingerprint density at radius 3 is 2.50 bits per heavy atom. The van der Waals surface area contributed by atoms with Crippen molar-refractivity contribution >= 4 is 5.91 Å². The number of likely N-dealkylation sites (tertiary alicyclic amines) is 1. The lowest BCUT2D eigenvalue weighted by Gasteiger charge is -2.52. The number of carbonyl (C=O) groups is 1. The Kier molecular flexibility index (Phi) is 3.50. The summed E-state index contributed by atoms with van der Waals surface area (Å²) in [7, 11) is 1.65. The van der Waals surface area contributed by atoms with E-state index < -0.39 is 0 Å².